The smallest absolute Gasteiger partial charge is 0.293 e. The average molecular weight is 1900 g/mol. The molecule has 6 aromatic heterocycles. The van der Waals surface area contributed by atoms with Crippen molar-refractivity contribution in [3.8, 4) is 11.4 Å². The number of anilines is 4. The molecule has 36 heteroatoms. The van der Waals surface area contributed by atoms with Crippen LogP contribution in [0.15, 0.2) is 191 Å². The topological polar surface area (TPSA) is 368 Å². The number of rotatable bonds is 24. The molecule has 6 saturated heterocycles. The van der Waals surface area contributed by atoms with Crippen molar-refractivity contribution >= 4 is 144 Å². The molecular formula is C98H110Cl2N20O12S2. The number of nitrogens with zero attached hydrogens (tertiary/aromatic N) is 14. The number of H-pyrrole nitrogens is 2. The Labute approximate surface area is 787 Å². The number of aromatic amines is 2. The summed E-state index contributed by atoms with van der Waals surface area (Å²) in [5.74, 6) is -1.79. The van der Waals surface area contributed by atoms with E-state index in [-0.39, 0.29) is 56.8 Å². The SMILES string of the molecule is CC1(C)CCC(CN2CCN(c3ccc(C(=O)NS(=O)(=O)c4ccc(NC5CCN(C6CCOCC6)CC5)c([N+](=O)[O-])c4)c(-n4[nH]cc5nc6nccc6cc54)c3)CC2)=C(c2ccc(Cl)cc2)C1.CC1(C)CCC(CN2CCN(c3ccc(C(=O)NS(=O)(=O)c4ccc(NC5CCN(C6COC6)CC5)c([N+](=O)[O-])c4)c(-n4[nH]cc5nc6nccc6cc54)c3)CC2)=C(c2ccc(Cl)cc2)C1. The number of nitrogens with one attached hydrogen (secondary N) is 6. The number of halogens is 2. The molecule has 2 aliphatic carbocycles. The van der Waals surface area contributed by atoms with Crippen LogP contribution >= 0.6 is 23.2 Å². The molecule has 12 aromatic rings. The lowest BCUT2D eigenvalue weighted by molar-refractivity contribution is -0.384. The van der Waals surface area contributed by atoms with E-state index in [1.807, 2.05) is 72.8 Å². The van der Waals surface area contributed by atoms with Gasteiger partial charge in [0, 0.05) is 192 Å². The van der Waals surface area contributed by atoms with Gasteiger partial charge in [0.2, 0.25) is 0 Å². The number of nitro groups is 2. The van der Waals surface area contributed by atoms with Crippen LogP contribution in [-0.4, -0.2) is 240 Å². The number of benzene rings is 6. The minimum atomic E-state index is -4.58. The molecule has 134 heavy (non-hydrogen) atoms. The van der Waals surface area contributed by atoms with Crippen LogP contribution in [0.4, 0.5) is 34.1 Å². The fourth-order valence-electron chi connectivity index (χ4n) is 20.3. The summed E-state index contributed by atoms with van der Waals surface area (Å²) in [7, 11) is -9.15. The molecule has 6 aromatic carbocycles. The summed E-state index contributed by atoms with van der Waals surface area (Å²) in [5.41, 5.74) is 14.8. The van der Waals surface area contributed by atoms with Crippen LogP contribution in [0.1, 0.15) is 137 Å². The monoisotopic (exact) mass is 1890 g/mol. The van der Waals surface area contributed by atoms with Crippen molar-refractivity contribution in [3.05, 3.63) is 234 Å². The minimum Gasteiger partial charge on any atom is -0.381 e. The van der Waals surface area contributed by atoms with E-state index in [1.54, 1.807) is 46.3 Å². The summed E-state index contributed by atoms with van der Waals surface area (Å²) in [6.07, 6.45) is 18.4. The van der Waals surface area contributed by atoms with E-state index in [4.69, 9.17) is 42.6 Å². The molecule has 32 nitrogen and oxygen atoms in total. The second kappa shape index (κ2) is 38.2. The Morgan fingerprint density at radius 1 is 0.493 bits per heavy atom. The van der Waals surface area contributed by atoms with E-state index >= 15 is 0 Å². The largest absolute Gasteiger partial charge is 0.381 e. The van der Waals surface area contributed by atoms with Crippen molar-refractivity contribution in [1.82, 2.24) is 68.5 Å². The first-order chi connectivity index (χ1) is 64.5. The number of aromatic nitrogens is 8. The number of likely N-dealkylation sites (tertiary alicyclic amines) is 2. The number of carbonyl (C=O) groups is 2. The van der Waals surface area contributed by atoms with Crippen molar-refractivity contribution in [3.63, 3.8) is 0 Å². The summed E-state index contributed by atoms with van der Waals surface area (Å²) in [4.78, 5) is 83.8. The molecule has 20 rings (SSSR count). The highest BCUT2D eigenvalue weighted by atomic mass is 35.5. The van der Waals surface area contributed by atoms with Crippen LogP contribution in [0.25, 0.3) is 66.7 Å². The molecule has 6 fully saturated rings. The summed E-state index contributed by atoms with van der Waals surface area (Å²) in [5, 5.41) is 40.9. The number of allylic oxidation sites excluding steroid dienone is 2. The van der Waals surface area contributed by atoms with E-state index < -0.39 is 51.5 Å². The lowest BCUT2D eigenvalue weighted by Gasteiger charge is -2.41. The van der Waals surface area contributed by atoms with Crippen molar-refractivity contribution in [1.29, 1.82) is 0 Å². The first-order valence-corrected chi connectivity index (χ1v) is 49.9. The number of fused-ring (bicyclic) bond motifs is 4. The molecule has 8 aliphatic rings. The Kier molecular flexibility index (Phi) is 26.1. The summed E-state index contributed by atoms with van der Waals surface area (Å²) in [6, 6.07) is 43.0. The number of nitro benzene ring substituents is 2. The molecular weight excluding hydrogens is 1780 g/mol. The summed E-state index contributed by atoms with van der Waals surface area (Å²) >= 11 is 12.5. The molecule has 0 atom stereocenters. The van der Waals surface area contributed by atoms with Crippen molar-refractivity contribution < 1.29 is 45.7 Å². The van der Waals surface area contributed by atoms with Crippen LogP contribution < -0.4 is 29.9 Å². The van der Waals surface area contributed by atoms with Crippen LogP contribution in [0.5, 0.6) is 0 Å². The number of piperazine rings is 2. The van der Waals surface area contributed by atoms with Gasteiger partial charge in [-0.3, -0.25) is 64.1 Å². The first-order valence-electron chi connectivity index (χ1n) is 46.2. The average Bonchev–Trinajstić information content (AvgIpc) is 1.59. The fraction of sp³-hybridized carbons (Fsp3) is 0.408. The zero-order valence-corrected chi connectivity index (χ0v) is 78.6. The van der Waals surface area contributed by atoms with E-state index in [9.17, 15) is 46.7 Å². The van der Waals surface area contributed by atoms with Gasteiger partial charge in [-0.15, -0.1) is 0 Å². The van der Waals surface area contributed by atoms with Gasteiger partial charge in [0.25, 0.3) is 43.2 Å². The zero-order chi connectivity index (χ0) is 92.9. The van der Waals surface area contributed by atoms with Gasteiger partial charge in [-0.1, -0.05) is 86.3 Å². The number of amides is 2. The highest BCUT2D eigenvalue weighted by Crippen LogP contribution is 2.47. The zero-order valence-electron chi connectivity index (χ0n) is 75.4. The second-order valence-corrected chi connectivity index (χ2v) is 42.4. The maximum absolute atomic E-state index is 14.3. The number of pyridine rings is 2. The number of piperidine rings is 2. The second-order valence-electron chi connectivity index (χ2n) is 38.2. The Bertz CT molecular complexity index is 6770. The van der Waals surface area contributed by atoms with Crippen molar-refractivity contribution in [2.45, 2.75) is 139 Å². The van der Waals surface area contributed by atoms with Gasteiger partial charge in [-0.05, 0) is 219 Å². The summed E-state index contributed by atoms with van der Waals surface area (Å²) < 4.78 is 74.6. The predicted molar refractivity (Wildman–Crippen MR) is 521 cm³/mol. The molecule has 700 valence electrons. The molecule has 0 bridgehead atoms. The van der Waals surface area contributed by atoms with Crippen LogP contribution in [0, 0.1) is 31.1 Å². The Balaban J connectivity index is 0.000000172. The van der Waals surface area contributed by atoms with Gasteiger partial charge in [-0.2, -0.15) is 0 Å². The van der Waals surface area contributed by atoms with Gasteiger partial charge in [-0.25, -0.2) is 46.2 Å². The van der Waals surface area contributed by atoms with E-state index in [0.717, 1.165) is 239 Å². The predicted octanol–water partition coefficient (Wildman–Crippen LogP) is 16.1. The van der Waals surface area contributed by atoms with E-state index in [1.165, 1.54) is 57.7 Å². The van der Waals surface area contributed by atoms with Gasteiger partial charge >= 0.3 is 0 Å². The third-order valence-corrected chi connectivity index (χ3v) is 31.3. The Hall–Kier alpha value is -11.7. The molecule has 6 aliphatic heterocycles. The number of sulfonamides is 2. The summed E-state index contributed by atoms with van der Waals surface area (Å²) in [6.45, 7) is 23.8. The van der Waals surface area contributed by atoms with Crippen LogP contribution in [0.2, 0.25) is 10.0 Å². The van der Waals surface area contributed by atoms with Crippen LogP contribution in [0.3, 0.4) is 0 Å². The molecule has 2 amide bonds. The van der Waals surface area contributed by atoms with E-state index in [2.05, 4.69) is 122 Å². The lowest BCUT2D eigenvalue weighted by atomic mass is 9.72. The van der Waals surface area contributed by atoms with E-state index in [0.29, 0.717) is 56.8 Å². The van der Waals surface area contributed by atoms with Gasteiger partial charge in [0.05, 0.1) is 72.4 Å². The Morgan fingerprint density at radius 3 is 1.30 bits per heavy atom. The highest BCUT2D eigenvalue weighted by Gasteiger charge is 2.38. The third kappa shape index (κ3) is 20.0. The first kappa shape index (κ1) is 91.4. The normalized spacial score (nSPS) is 19.1. The molecule has 0 spiro atoms. The molecule has 0 unspecified atom stereocenters. The lowest BCUT2D eigenvalue weighted by Crippen LogP contribution is -2.53. The minimum absolute atomic E-state index is 0.0125. The van der Waals surface area contributed by atoms with Gasteiger partial charge in [0.1, 0.15) is 22.4 Å². The molecule has 0 radical (unpaired) electrons. The maximum Gasteiger partial charge on any atom is 0.293 e. The standard InChI is InChI=1S/C50H57ClN10O6S.C48H53ClN10O6S/c1-50(2)17-11-35(42(30-50)33-3-5-36(51)6-4-33)32-57-21-23-59(24-22-57)39-7-9-41(45(28-39)60-46-27-34-12-18-52-48(34)55-44(46)31-53-60)49(62)56-68(65,66)40-8-10-43(47(29-40)61(63)64)54-37-13-19-58(20-14-37)38-15-25-67-26-16-38;1-48(2)15-11-33(40(26-48)31-3-5-34(49)6-4-31)28-55-19-21-57(22-20-55)36-7-9-39(43(24-36)58-44-23-32-12-16-50-46(32)53-42(44)27-51-58)47(60)54-66(63,64)38-8-10-41(45(25-38)59(61)62)52-35-13-17-56(18-14-35)37-29-65-30-37/h3-10,12,18,27-29,31,37-38,53-54H,11,13-17,19-26,30,32H2,1-2H3,(H,56,62);3-10,12,16,23-25,27,35,37,51-52H,11,13-15,17-22,26,28-30H2,1-2H3,(H,54,60). The highest BCUT2D eigenvalue weighted by molar-refractivity contribution is 7.90. The third-order valence-electron chi connectivity index (χ3n) is 28.1. The van der Waals surface area contributed by atoms with Crippen molar-refractivity contribution in [2.75, 3.05) is 138 Å². The molecule has 0 saturated carbocycles. The quantitative estimate of drug-likeness (QED) is 0.0242. The van der Waals surface area contributed by atoms with Crippen LogP contribution in [-0.2, 0) is 29.5 Å². The molecule has 6 N–H and O–H groups in total. The maximum atomic E-state index is 14.3. The number of hydrogen-bond donors (Lipinski definition) is 6. The number of carbonyl (C=O) groups excluding carboxylic acids is 2. The number of ether oxygens (including phenoxy) is 2. The van der Waals surface area contributed by atoms with Gasteiger partial charge in [0.15, 0.2) is 11.3 Å². The van der Waals surface area contributed by atoms with Gasteiger partial charge < -0.3 is 34.8 Å². The number of hydrogen-bond acceptors (Lipinski definition) is 24. The van der Waals surface area contributed by atoms with Crippen molar-refractivity contribution in [2.24, 2.45) is 10.8 Å². The fourth-order valence-corrected chi connectivity index (χ4v) is 22.6. The molecule has 12 heterocycles. The Morgan fingerprint density at radius 2 is 0.903 bits per heavy atom.